The number of hydrogen-bond donors (Lipinski definition) is 1. The SMILES string of the molecule is C/C(=C\CC(C)(C)C)C1CCCCN1. The Morgan fingerprint density at radius 1 is 1.36 bits per heavy atom. The molecule has 0 aliphatic carbocycles. The van der Waals surface area contributed by atoms with E-state index in [2.05, 4.69) is 39.1 Å². The molecule has 0 aromatic carbocycles. The van der Waals surface area contributed by atoms with Gasteiger partial charge >= 0.3 is 0 Å². The summed E-state index contributed by atoms with van der Waals surface area (Å²) in [6, 6.07) is 0.658. The summed E-state index contributed by atoms with van der Waals surface area (Å²) in [6.45, 7) is 10.4. The summed E-state index contributed by atoms with van der Waals surface area (Å²) in [5.41, 5.74) is 1.97. The Bertz CT molecular complexity index is 192. The fourth-order valence-electron chi connectivity index (χ4n) is 1.85. The molecule has 0 radical (unpaired) electrons. The Hall–Kier alpha value is -0.300. The molecule has 1 atom stereocenters. The molecule has 1 fully saturated rings. The highest BCUT2D eigenvalue weighted by Gasteiger charge is 2.15. The van der Waals surface area contributed by atoms with Crippen molar-refractivity contribution in [3.05, 3.63) is 11.6 Å². The zero-order valence-electron chi connectivity index (χ0n) is 10.2. The van der Waals surface area contributed by atoms with Crippen LogP contribution in [0.4, 0.5) is 0 Å². The van der Waals surface area contributed by atoms with Crippen molar-refractivity contribution in [3.8, 4) is 0 Å². The lowest BCUT2D eigenvalue weighted by Crippen LogP contribution is -2.34. The number of nitrogens with one attached hydrogen (secondary N) is 1. The fraction of sp³-hybridized carbons (Fsp3) is 0.846. The summed E-state index contributed by atoms with van der Waals surface area (Å²) in [4.78, 5) is 0. The van der Waals surface area contributed by atoms with Gasteiger partial charge in [-0.05, 0) is 38.1 Å². The van der Waals surface area contributed by atoms with Crippen LogP contribution in [0.25, 0.3) is 0 Å². The van der Waals surface area contributed by atoms with E-state index in [4.69, 9.17) is 0 Å². The minimum atomic E-state index is 0.427. The highest BCUT2D eigenvalue weighted by Crippen LogP contribution is 2.22. The number of hydrogen-bond acceptors (Lipinski definition) is 1. The number of allylic oxidation sites excluding steroid dienone is 1. The zero-order valence-corrected chi connectivity index (χ0v) is 10.2. The van der Waals surface area contributed by atoms with E-state index < -0.39 is 0 Å². The largest absolute Gasteiger partial charge is 0.310 e. The predicted octanol–water partition coefficient (Wildman–Crippen LogP) is 3.51. The van der Waals surface area contributed by atoms with Gasteiger partial charge in [-0.1, -0.05) is 38.8 Å². The first kappa shape index (κ1) is 11.8. The minimum absolute atomic E-state index is 0.427. The zero-order chi connectivity index (χ0) is 10.6. The second-order valence-electron chi connectivity index (χ2n) is 5.72. The van der Waals surface area contributed by atoms with Crippen molar-refractivity contribution in [3.63, 3.8) is 0 Å². The van der Waals surface area contributed by atoms with Gasteiger partial charge < -0.3 is 5.32 Å². The van der Waals surface area contributed by atoms with Crippen molar-refractivity contribution < 1.29 is 0 Å². The molecule has 0 saturated carbocycles. The van der Waals surface area contributed by atoms with Crippen molar-refractivity contribution in [2.45, 2.75) is 59.4 Å². The maximum atomic E-state index is 3.59. The van der Waals surface area contributed by atoms with Crippen LogP contribution in [0.2, 0.25) is 0 Å². The maximum absolute atomic E-state index is 3.59. The average molecular weight is 195 g/mol. The summed E-state index contributed by atoms with van der Waals surface area (Å²) in [6.07, 6.45) is 7.67. The van der Waals surface area contributed by atoms with Gasteiger partial charge in [0.25, 0.3) is 0 Å². The lowest BCUT2D eigenvalue weighted by atomic mass is 9.89. The third-order valence-electron chi connectivity index (χ3n) is 2.90. The molecule has 1 unspecified atom stereocenters. The predicted molar refractivity (Wildman–Crippen MR) is 63.5 cm³/mol. The van der Waals surface area contributed by atoms with Gasteiger partial charge in [0.05, 0.1) is 0 Å². The normalized spacial score (nSPS) is 25.1. The highest BCUT2D eigenvalue weighted by molar-refractivity contribution is 5.09. The molecule has 0 amide bonds. The Balaban J connectivity index is 2.42. The van der Waals surface area contributed by atoms with Crippen molar-refractivity contribution in [1.82, 2.24) is 5.32 Å². The second-order valence-corrected chi connectivity index (χ2v) is 5.72. The molecular weight excluding hydrogens is 170 g/mol. The molecular formula is C13H25N. The van der Waals surface area contributed by atoms with Crippen LogP contribution in [0, 0.1) is 5.41 Å². The second kappa shape index (κ2) is 4.97. The minimum Gasteiger partial charge on any atom is -0.310 e. The Morgan fingerprint density at radius 2 is 2.07 bits per heavy atom. The molecule has 0 bridgehead atoms. The van der Waals surface area contributed by atoms with E-state index in [0.29, 0.717) is 11.5 Å². The molecule has 1 rings (SSSR count). The highest BCUT2D eigenvalue weighted by atomic mass is 14.9. The van der Waals surface area contributed by atoms with E-state index in [9.17, 15) is 0 Å². The third-order valence-corrected chi connectivity index (χ3v) is 2.90. The Kier molecular flexibility index (Phi) is 4.18. The summed E-state index contributed by atoms with van der Waals surface area (Å²) in [5, 5.41) is 3.59. The van der Waals surface area contributed by atoms with Gasteiger partial charge in [0, 0.05) is 6.04 Å². The van der Waals surface area contributed by atoms with Crippen molar-refractivity contribution >= 4 is 0 Å². The van der Waals surface area contributed by atoms with E-state index in [1.165, 1.54) is 32.2 Å². The smallest absolute Gasteiger partial charge is 0.0276 e. The molecule has 1 aliphatic rings. The first-order valence-electron chi connectivity index (χ1n) is 5.89. The quantitative estimate of drug-likeness (QED) is 0.665. The summed E-state index contributed by atoms with van der Waals surface area (Å²) < 4.78 is 0. The van der Waals surface area contributed by atoms with E-state index in [0.717, 1.165) is 0 Å². The summed E-state index contributed by atoms with van der Waals surface area (Å²) in [5.74, 6) is 0. The topological polar surface area (TPSA) is 12.0 Å². The third kappa shape index (κ3) is 4.28. The van der Waals surface area contributed by atoms with Crippen LogP contribution in [-0.2, 0) is 0 Å². The van der Waals surface area contributed by atoms with Crippen LogP contribution in [0.1, 0.15) is 53.4 Å². The monoisotopic (exact) mass is 195 g/mol. The van der Waals surface area contributed by atoms with Gasteiger partial charge in [0.15, 0.2) is 0 Å². The van der Waals surface area contributed by atoms with E-state index in [-0.39, 0.29) is 0 Å². The Morgan fingerprint density at radius 3 is 2.57 bits per heavy atom. The molecule has 1 nitrogen and oxygen atoms in total. The lowest BCUT2D eigenvalue weighted by molar-refractivity contribution is 0.410. The molecule has 1 heterocycles. The fourth-order valence-corrected chi connectivity index (χ4v) is 1.85. The molecule has 1 aliphatic heterocycles. The molecule has 0 spiro atoms. The van der Waals surface area contributed by atoms with Gasteiger partial charge in [-0.3, -0.25) is 0 Å². The molecule has 0 aromatic heterocycles. The van der Waals surface area contributed by atoms with Gasteiger partial charge in [-0.15, -0.1) is 0 Å². The summed E-state index contributed by atoms with van der Waals surface area (Å²) >= 11 is 0. The van der Waals surface area contributed by atoms with Gasteiger partial charge in [0.2, 0.25) is 0 Å². The van der Waals surface area contributed by atoms with Crippen LogP contribution in [-0.4, -0.2) is 12.6 Å². The van der Waals surface area contributed by atoms with Crippen LogP contribution in [0.5, 0.6) is 0 Å². The first-order chi connectivity index (χ1) is 6.49. The molecule has 0 aromatic rings. The van der Waals surface area contributed by atoms with Gasteiger partial charge in [-0.25, -0.2) is 0 Å². The van der Waals surface area contributed by atoms with Crippen LogP contribution < -0.4 is 5.32 Å². The van der Waals surface area contributed by atoms with Crippen molar-refractivity contribution in [1.29, 1.82) is 0 Å². The van der Waals surface area contributed by atoms with Crippen LogP contribution in [0.15, 0.2) is 11.6 Å². The molecule has 14 heavy (non-hydrogen) atoms. The van der Waals surface area contributed by atoms with Crippen molar-refractivity contribution in [2.75, 3.05) is 6.54 Å². The van der Waals surface area contributed by atoms with Crippen LogP contribution >= 0.6 is 0 Å². The summed E-state index contributed by atoms with van der Waals surface area (Å²) in [7, 11) is 0. The average Bonchev–Trinajstić information content (AvgIpc) is 2.14. The molecule has 1 heteroatoms. The number of piperidine rings is 1. The van der Waals surface area contributed by atoms with E-state index >= 15 is 0 Å². The number of rotatable bonds is 2. The van der Waals surface area contributed by atoms with Crippen LogP contribution in [0.3, 0.4) is 0 Å². The molecule has 82 valence electrons. The lowest BCUT2D eigenvalue weighted by Gasteiger charge is -2.25. The maximum Gasteiger partial charge on any atom is 0.0276 e. The van der Waals surface area contributed by atoms with Gasteiger partial charge in [0.1, 0.15) is 0 Å². The first-order valence-corrected chi connectivity index (χ1v) is 5.89. The van der Waals surface area contributed by atoms with Gasteiger partial charge in [-0.2, -0.15) is 0 Å². The molecule has 1 N–H and O–H groups in total. The Labute approximate surface area is 89.0 Å². The van der Waals surface area contributed by atoms with Crippen molar-refractivity contribution in [2.24, 2.45) is 5.41 Å². The van der Waals surface area contributed by atoms with E-state index in [1.54, 1.807) is 5.57 Å². The molecule has 1 saturated heterocycles. The standard InChI is InChI=1S/C13H25N/c1-11(8-9-13(2,3)4)12-7-5-6-10-14-12/h8,12,14H,5-7,9-10H2,1-4H3/b11-8+. The van der Waals surface area contributed by atoms with E-state index in [1.807, 2.05) is 0 Å².